The maximum atomic E-state index is 11.4. The van der Waals surface area contributed by atoms with Crippen molar-refractivity contribution in [2.45, 2.75) is 37.2 Å². The van der Waals surface area contributed by atoms with E-state index in [2.05, 4.69) is 31.1 Å². The number of hydrogen-bond donors (Lipinski definition) is 1. The molecule has 1 fully saturated rings. The summed E-state index contributed by atoms with van der Waals surface area (Å²) in [4.78, 5) is 2.75. The molecule has 3 atom stereocenters. The fourth-order valence-corrected chi connectivity index (χ4v) is 3.39. The maximum absolute atomic E-state index is 11.4. The molecule has 1 heterocycles. The van der Waals surface area contributed by atoms with E-state index in [1.165, 1.54) is 6.26 Å². The van der Waals surface area contributed by atoms with Gasteiger partial charge in [-0.05, 0) is 50.6 Å². The third kappa shape index (κ3) is 3.52. The lowest BCUT2D eigenvalue weighted by molar-refractivity contribution is 0.145. The van der Waals surface area contributed by atoms with Gasteiger partial charge in [0.1, 0.15) is 0 Å². The number of hydrogen-bond acceptors (Lipinski definition) is 4. The molecule has 0 amide bonds. The van der Waals surface area contributed by atoms with Gasteiger partial charge in [-0.25, -0.2) is 8.42 Å². The van der Waals surface area contributed by atoms with E-state index >= 15 is 0 Å². The van der Waals surface area contributed by atoms with Gasteiger partial charge in [0, 0.05) is 30.6 Å². The second kappa shape index (κ2) is 5.74. The molecule has 1 aromatic carbocycles. The number of sulfone groups is 1. The minimum atomic E-state index is -3.11. The Bertz CT molecular complexity index is 554. The Hall–Kier alpha value is -1.07. The van der Waals surface area contributed by atoms with Crippen LogP contribution in [0.2, 0.25) is 0 Å². The van der Waals surface area contributed by atoms with Crippen LogP contribution in [-0.2, 0) is 9.84 Å². The average molecular weight is 296 g/mol. The third-order valence-electron chi connectivity index (χ3n) is 4.24. The topological polar surface area (TPSA) is 49.4 Å². The highest BCUT2D eigenvalue weighted by atomic mass is 32.2. The van der Waals surface area contributed by atoms with Gasteiger partial charge in [0.25, 0.3) is 0 Å². The van der Waals surface area contributed by atoms with Gasteiger partial charge in [-0.3, -0.25) is 0 Å². The van der Waals surface area contributed by atoms with Gasteiger partial charge in [-0.1, -0.05) is 6.92 Å². The Balaban J connectivity index is 2.07. The lowest BCUT2D eigenvalue weighted by Crippen LogP contribution is -2.48. The highest BCUT2D eigenvalue weighted by Crippen LogP contribution is 2.24. The van der Waals surface area contributed by atoms with Crippen molar-refractivity contribution in [3.05, 3.63) is 24.3 Å². The molecular weight excluding hydrogens is 272 g/mol. The summed E-state index contributed by atoms with van der Waals surface area (Å²) < 4.78 is 22.9. The molecule has 0 aliphatic carbocycles. The van der Waals surface area contributed by atoms with E-state index in [1.807, 2.05) is 12.1 Å². The largest absolute Gasteiger partial charge is 0.382 e. The second-order valence-corrected chi connectivity index (χ2v) is 8.06. The monoisotopic (exact) mass is 296 g/mol. The molecule has 0 radical (unpaired) electrons. The van der Waals surface area contributed by atoms with Crippen LogP contribution >= 0.6 is 0 Å². The summed E-state index contributed by atoms with van der Waals surface area (Å²) in [5, 5.41) is 3.54. The van der Waals surface area contributed by atoms with Crippen LogP contribution in [0.15, 0.2) is 29.2 Å². The highest BCUT2D eigenvalue weighted by Gasteiger charge is 2.28. The summed E-state index contributed by atoms with van der Waals surface area (Å²) in [5.41, 5.74) is 0.992. The summed E-state index contributed by atoms with van der Waals surface area (Å²) in [6.07, 6.45) is 2.33. The fraction of sp³-hybridized carbons (Fsp3) is 0.600. The van der Waals surface area contributed by atoms with Crippen molar-refractivity contribution in [3.63, 3.8) is 0 Å². The quantitative estimate of drug-likeness (QED) is 0.929. The Morgan fingerprint density at radius 3 is 2.35 bits per heavy atom. The van der Waals surface area contributed by atoms with Crippen molar-refractivity contribution in [2.75, 3.05) is 25.2 Å². The molecule has 0 spiro atoms. The molecule has 2 rings (SSSR count). The molecular formula is C15H24N2O2S. The standard InChI is InChI=1S/C15H24N2O2S/c1-11-10-17(3)12(2)9-15(11)16-13-5-7-14(8-6-13)20(4,18)19/h5-8,11-12,15-16H,9-10H2,1-4H3. The number of benzene rings is 1. The number of anilines is 1. The first-order valence-corrected chi connectivity index (χ1v) is 8.93. The molecule has 1 saturated heterocycles. The molecule has 0 bridgehead atoms. The molecule has 20 heavy (non-hydrogen) atoms. The van der Waals surface area contributed by atoms with E-state index in [4.69, 9.17) is 0 Å². The Labute approximate surface area is 122 Å². The van der Waals surface area contributed by atoms with E-state index in [1.54, 1.807) is 12.1 Å². The van der Waals surface area contributed by atoms with E-state index < -0.39 is 9.84 Å². The first-order valence-electron chi connectivity index (χ1n) is 7.04. The van der Waals surface area contributed by atoms with Crippen molar-refractivity contribution in [2.24, 2.45) is 5.92 Å². The van der Waals surface area contributed by atoms with E-state index in [9.17, 15) is 8.42 Å². The number of rotatable bonds is 3. The molecule has 1 N–H and O–H groups in total. The number of nitrogens with zero attached hydrogens (tertiary/aromatic N) is 1. The van der Waals surface area contributed by atoms with Crippen molar-refractivity contribution in [1.82, 2.24) is 4.90 Å². The van der Waals surface area contributed by atoms with Crippen molar-refractivity contribution in [3.8, 4) is 0 Å². The molecule has 1 aromatic rings. The van der Waals surface area contributed by atoms with Crippen molar-refractivity contribution in [1.29, 1.82) is 0 Å². The van der Waals surface area contributed by atoms with Crippen LogP contribution in [0.1, 0.15) is 20.3 Å². The van der Waals surface area contributed by atoms with Crippen LogP contribution < -0.4 is 5.32 Å². The minimum absolute atomic E-state index is 0.368. The lowest BCUT2D eigenvalue weighted by Gasteiger charge is -2.40. The van der Waals surface area contributed by atoms with E-state index in [-0.39, 0.29) is 0 Å². The van der Waals surface area contributed by atoms with Crippen LogP contribution in [0.25, 0.3) is 0 Å². The molecule has 0 saturated carbocycles. The Morgan fingerprint density at radius 2 is 1.80 bits per heavy atom. The Kier molecular flexibility index (Phi) is 4.39. The zero-order chi connectivity index (χ0) is 14.9. The first-order chi connectivity index (χ1) is 9.27. The molecule has 1 aliphatic rings. The van der Waals surface area contributed by atoms with Gasteiger partial charge in [0.2, 0.25) is 0 Å². The number of nitrogens with one attached hydrogen (secondary N) is 1. The molecule has 4 nitrogen and oxygen atoms in total. The lowest BCUT2D eigenvalue weighted by atomic mass is 9.89. The second-order valence-electron chi connectivity index (χ2n) is 6.05. The molecule has 1 aliphatic heterocycles. The Morgan fingerprint density at radius 1 is 1.20 bits per heavy atom. The van der Waals surface area contributed by atoms with Gasteiger partial charge in [0.05, 0.1) is 4.90 Å². The van der Waals surface area contributed by atoms with Gasteiger partial charge in [-0.15, -0.1) is 0 Å². The van der Waals surface area contributed by atoms with Crippen LogP contribution in [0, 0.1) is 5.92 Å². The summed E-state index contributed by atoms with van der Waals surface area (Å²) >= 11 is 0. The van der Waals surface area contributed by atoms with Gasteiger partial charge >= 0.3 is 0 Å². The third-order valence-corrected chi connectivity index (χ3v) is 5.37. The first kappa shape index (κ1) is 15.3. The molecule has 112 valence electrons. The van der Waals surface area contributed by atoms with Crippen LogP contribution in [0.5, 0.6) is 0 Å². The van der Waals surface area contributed by atoms with Crippen LogP contribution in [0.3, 0.4) is 0 Å². The predicted molar refractivity (Wildman–Crippen MR) is 82.8 cm³/mol. The zero-order valence-corrected chi connectivity index (χ0v) is 13.4. The normalized spacial score (nSPS) is 28.3. The molecule has 0 aromatic heterocycles. The molecule has 5 heteroatoms. The average Bonchev–Trinajstić information content (AvgIpc) is 2.35. The number of likely N-dealkylation sites (tertiary alicyclic amines) is 1. The predicted octanol–water partition coefficient (Wildman–Crippen LogP) is 2.23. The smallest absolute Gasteiger partial charge is 0.175 e. The van der Waals surface area contributed by atoms with Crippen molar-refractivity contribution < 1.29 is 8.42 Å². The highest BCUT2D eigenvalue weighted by molar-refractivity contribution is 7.90. The van der Waals surface area contributed by atoms with E-state index in [0.717, 1.165) is 18.7 Å². The summed E-state index contributed by atoms with van der Waals surface area (Å²) in [5.74, 6) is 0.575. The van der Waals surface area contributed by atoms with Gasteiger partial charge < -0.3 is 10.2 Å². The SMILES string of the molecule is CC1CN(C)C(C)CC1Nc1ccc(S(C)(=O)=O)cc1. The summed E-state index contributed by atoms with van der Waals surface area (Å²) in [6.45, 7) is 5.58. The summed E-state index contributed by atoms with van der Waals surface area (Å²) in [7, 11) is -0.949. The molecule has 3 unspecified atom stereocenters. The van der Waals surface area contributed by atoms with Crippen molar-refractivity contribution >= 4 is 15.5 Å². The van der Waals surface area contributed by atoms with E-state index in [0.29, 0.717) is 22.9 Å². The van der Waals surface area contributed by atoms with Crippen LogP contribution in [0.4, 0.5) is 5.69 Å². The maximum Gasteiger partial charge on any atom is 0.175 e. The summed E-state index contributed by atoms with van der Waals surface area (Å²) in [6, 6.07) is 8.05. The van der Waals surface area contributed by atoms with Crippen LogP contribution in [-0.4, -0.2) is 45.2 Å². The number of piperidine rings is 1. The van der Waals surface area contributed by atoms with Gasteiger partial charge in [-0.2, -0.15) is 0 Å². The zero-order valence-electron chi connectivity index (χ0n) is 12.6. The fourth-order valence-electron chi connectivity index (χ4n) is 2.75. The minimum Gasteiger partial charge on any atom is -0.382 e. The van der Waals surface area contributed by atoms with Gasteiger partial charge in [0.15, 0.2) is 9.84 Å².